The van der Waals surface area contributed by atoms with Crippen LogP contribution < -0.4 is 10.1 Å². The molecule has 0 aliphatic rings. The van der Waals surface area contributed by atoms with Crippen LogP contribution in [0.4, 0.5) is 0 Å². The number of carbonyl (C=O) groups is 1. The van der Waals surface area contributed by atoms with Crippen molar-refractivity contribution in [1.82, 2.24) is 10.3 Å². The van der Waals surface area contributed by atoms with E-state index in [1.54, 1.807) is 14.0 Å². The molecule has 0 aliphatic heterocycles. The number of amides is 1. The molecule has 0 radical (unpaired) electrons. The van der Waals surface area contributed by atoms with Crippen molar-refractivity contribution in [3.05, 3.63) is 65.4 Å². The van der Waals surface area contributed by atoms with E-state index in [9.17, 15) is 4.79 Å². The lowest BCUT2D eigenvalue weighted by Crippen LogP contribution is -2.27. The van der Waals surface area contributed by atoms with Gasteiger partial charge in [0.1, 0.15) is 5.75 Å². The van der Waals surface area contributed by atoms with Gasteiger partial charge in [0, 0.05) is 29.1 Å². The van der Waals surface area contributed by atoms with Gasteiger partial charge in [-0.3, -0.25) is 4.79 Å². The molecule has 2 aromatic carbocycles. The van der Waals surface area contributed by atoms with Crippen LogP contribution in [0, 0.1) is 6.92 Å². The molecule has 0 spiro atoms. The number of carbonyl (C=O) groups excluding carboxylic acids is 1. The summed E-state index contributed by atoms with van der Waals surface area (Å²) in [5.41, 5.74) is 4.25. The summed E-state index contributed by atoms with van der Waals surface area (Å²) in [7, 11) is 1.64. The van der Waals surface area contributed by atoms with Crippen LogP contribution in [0.1, 0.15) is 29.8 Å². The number of hydrogen-bond donors (Lipinski definition) is 2. The highest BCUT2D eigenvalue weighted by Gasteiger charge is 2.21. The third-order valence-corrected chi connectivity index (χ3v) is 4.03. The summed E-state index contributed by atoms with van der Waals surface area (Å²) >= 11 is 0. The minimum Gasteiger partial charge on any atom is -0.497 e. The standard InChI is InChI=1S/C19H20N2O2/c1-12-18(16-6-4-5-7-17(16)20-12)19(21-13(2)22)14-8-10-15(23-3)11-9-14/h4-11,19-20H,1-3H3,(H,21,22). The topological polar surface area (TPSA) is 54.1 Å². The monoisotopic (exact) mass is 308 g/mol. The fraction of sp³-hybridized carbons (Fsp3) is 0.211. The average Bonchev–Trinajstić information content (AvgIpc) is 2.88. The second-order valence-electron chi connectivity index (χ2n) is 5.62. The van der Waals surface area contributed by atoms with E-state index in [0.29, 0.717) is 0 Å². The summed E-state index contributed by atoms with van der Waals surface area (Å²) in [4.78, 5) is 15.1. The molecule has 118 valence electrons. The molecule has 0 saturated heterocycles. The molecule has 23 heavy (non-hydrogen) atoms. The second-order valence-corrected chi connectivity index (χ2v) is 5.62. The molecule has 0 fully saturated rings. The second kappa shape index (κ2) is 6.16. The molecule has 1 aromatic heterocycles. The number of aromatic nitrogens is 1. The van der Waals surface area contributed by atoms with Crippen molar-refractivity contribution >= 4 is 16.8 Å². The lowest BCUT2D eigenvalue weighted by Gasteiger charge is -2.20. The highest BCUT2D eigenvalue weighted by atomic mass is 16.5. The van der Waals surface area contributed by atoms with Crippen molar-refractivity contribution in [2.24, 2.45) is 0 Å². The number of H-pyrrole nitrogens is 1. The van der Waals surface area contributed by atoms with Crippen LogP contribution in [0.3, 0.4) is 0 Å². The number of fused-ring (bicyclic) bond motifs is 1. The first-order chi connectivity index (χ1) is 11.1. The minimum absolute atomic E-state index is 0.0597. The van der Waals surface area contributed by atoms with Gasteiger partial charge >= 0.3 is 0 Å². The Morgan fingerprint density at radius 3 is 2.48 bits per heavy atom. The van der Waals surface area contributed by atoms with Gasteiger partial charge in [0.15, 0.2) is 0 Å². The van der Waals surface area contributed by atoms with Crippen LogP contribution in [0.5, 0.6) is 5.75 Å². The van der Waals surface area contributed by atoms with Crippen molar-refractivity contribution in [3.8, 4) is 5.75 Å². The summed E-state index contributed by atoms with van der Waals surface area (Å²) in [6.07, 6.45) is 0. The molecule has 4 nitrogen and oxygen atoms in total. The van der Waals surface area contributed by atoms with Gasteiger partial charge in [0.05, 0.1) is 13.2 Å². The molecule has 3 aromatic rings. The van der Waals surface area contributed by atoms with Crippen LogP contribution in [0.25, 0.3) is 10.9 Å². The zero-order valence-electron chi connectivity index (χ0n) is 13.5. The van der Waals surface area contributed by atoms with Crippen LogP contribution in [-0.2, 0) is 4.79 Å². The van der Waals surface area contributed by atoms with E-state index in [0.717, 1.165) is 33.5 Å². The number of benzene rings is 2. The normalized spacial score (nSPS) is 12.1. The van der Waals surface area contributed by atoms with Gasteiger partial charge in [-0.25, -0.2) is 0 Å². The van der Waals surface area contributed by atoms with E-state index in [1.807, 2.05) is 49.4 Å². The van der Waals surface area contributed by atoms with Crippen molar-refractivity contribution in [1.29, 1.82) is 0 Å². The number of para-hydroxylation sites is 1. The maximum Gasteiger partial charge on any atom is 0.217 e. The van der Waals surface area contributed by atoms with Gasteiger partial charge < -0.3 is 15.0 Å². The lowest BCUT2D eigenvalue weighted by molar-refractivity contribution is -0.119. The number of rotatable bonds is 4. The smallest absolute Gasteiger partial charge is 0.217 e. The molecule has 3 rings (SSSR count). The third-order valence-electron chi connectivity index (χ3n) is 4.03. The molecule has 0 saturated carbocycles. The van der Waals surface area contributed by atoms with E-state index in [1.165, 1.54) is 0 Å². The predicted octanol–water partition coefficient (Wildman–Crippen LogP) is 3.71. The Bertz CT molecular complexity index is 834. The largest absolute Gasteiger partial charge is 0.497 e. The summed E-state index contributed by atoms with van der Waals surface area (Å²) in [6, 6.07) is 15.7. The zero-order chi connectivity index (χ0) is 16.4. The van der Waals surface area contributed by atoms with E-state index in [-0.39, 0.29) is 11.9 Å². The Morgan fingerprint density at radius 1 is 1.13 bits per heavy atom. The van der Waals surface area contributed by atoms with Crippen LogP contribution in [0.15, 0.2) is 48.5 Å². The van der Waals surface area contributed by atoms with Crippen LogP contribution >= 0.6 is 0 Å². The molecule has 2 N–H and O–H groups in total. The van der Waals surface area contributed by atoms with Crippen LogP contribution in [0.2, 0.25) is 0 Å². The van der Waals surface area contributed by atoms with Crippen molar-refractivity contribution in [3.63, 3.8) is 0 Å². The average molecular weight is 308 g/mol. The Balaban J connectivity index is 2.14. The maximum absolute atomic E-state index is 11.7. The number of methoxy groups -OCH3 is 1. The number of ether oxygens (including phenoxy) is 1. The quantitative estimate of drug-likeness (QED) is 0.772. The first-order valence-corrected chi connectivity index (χ1v) is 7.58. The Labute approximate surface area is 135 Å². The third kappa shape index (κ3) is 2.93. The number of nitrogens with one attached hydrogen (secondary N) is 2. The molecule has 1 amide bonds. The first-order valence-electron chi connectivity index (χ1n) is 7.58. The van der Waals surface area contributed by atoms with Gasteiger partial charge in [0.2, 0.25) is 5.91 Å². The number of hydrogen-bond acceptors (Lipinski definition) is 2. The fourth-order valence-electron chi connectivity index (χ4n) is 2.99. The molecule has 1 heterocycles. The van der Waals surface area contributed by atoms with E-state index < -0.39 is 0 Å². The summed E-state index contributed by atoms with van der Waals surface area (Å²) < 4.78 is 5.22. The summed E-state index contributed by atoms with van der Waals surface area (Å²) in [5.74, 6) is 0.737. The van der Waals surface area contributed by atoms with Crippen molar-refractivity contribution in [2.75, 3.05) is 7.11 Å². The van der Waals surface area contributed by atoms with Gasteiger partial charge in [-0.15, -0.1) is 0 Å². The highest BCUT2D eigenvalue weighted by Crippen LogP contribution is 2.32. The van der Waals surface area contributed by atoms with E-state index >= 15 is 0 Å². The van der Waals surface area contributed by atoms with Gasteiger partial charge in [-0.1, -0.05) is 30.3 Å². The van der Waals surface area contributed by atoms with Gasteiger partial charge in [0.25, 0.3) is 0 Å². The van der Waals surface area contributed by atoms with Crippen molar-refractivity contribution in [2.45, 2.75) is 19.9 Å². The highest BCUT2D eigenvalue weighted by molar-refractivity contribution is 5.86. The number of aromatic amines is 1. The number of aryl methyl sites for hydroxylation is 1. The van der Waals surface area contributed by atoms with E-state index in [4.69, 9.17) is 4.74 Å². The van der Waals surface area contributed by atoms with Gasteiger partial charge in [-0.05, 0) is 30.7 Å². The molecule has 0 aliphatic carbocycles. The van der Waals surface area contributed by atoms with E-state index in [2.05, 4.69) is 16.4 Å². The lowest BCUT2D eigenvalue weighted by atomic mass is 9.96. The van der Waals surface area contributed by atoms with Gasteiger partial charge in [-0.2, -0.15) is 0 Å². The predicted molar refractivity (Wildman–Crippen MR) is 91.7 cm³/mol. The molecule has 0 bridgehead atoms. The molecule has 1 atom stereocenters. The Hall–Kier alpha value is -2.75. The fourth-order valence-corrected chi connectivity index (χ4v) is 2.99. The maximum atomic E-state index is 11.7. The molecule has 4 heteroatoms. The Morgan fingerprint density at radius 2 is 1.83 bits per heavy atom. The SMILES string of the molecule is COc1ccc(C(NC(C)=O)c2c(C)[nH]c3ccccc23)cc1. The van der Waals surface area contributed by atoms with Crippen LogP contribution in [-0.4, -0.2) is 18.0 Å². The first kappa shape index (κ1) is 15.2. The molecular formula is C19H20N2O2. The summed E-state index contributed by atoms with van der Waals surface area (Å²) in [5, 5.41) is 4.19. The molecule has 1 unspecified atom stereocenters. The van der Waals surface area contributed by atoms with Crippen molar-refractivity contribution < 1.29 is 9.53 Å². The summed E-state index contributed by atoms with van der Waals surface area (Å²) in [6.45, 7) is 3.58. The Kier molecular flexibility index (Phi) is 4.06. The molecular weight excluding hydrogens is 288 g/mol. The zero-order valence-corrected chi connectivity index (χ0v) is 13.5. The minimum atomic E-state index is -0.199.